The number of Topliss-reactive ketones (excluding diaryl/α,β-unsaturated/α-hetero) is 1. The summed E-state index contributed by atoms with van der Waals surface area (Å²) >= 11 is 0. The van der Waals surface area contributed by atoms with E-state index in [0.717, 1.165) is 32.1 Å². The number of ketones is 1. The van der Waals surface area contributed by atoms with E-state index in [1.807, 2.05) is 0 Å². The molecule has 0 atom stereocenters. The lowest BCUT2D eigenvalue weighted by Crippen LogP contribution is -2.25. The molecule has 0 aromatic carbocycles. The molecule has 4 nitrogen and oxygen atoms in total. The fraction of sp³-hybridized carbons (Fsp3) is 0.562. The number of carbonyl (C=O) groups is 2. The molecule has 1 N–H and O–H groups in total. The Balaban J connectivity index is 2.60. The molecule has 0 saturated heterocycles. The van der Waals surface area contributed by atoms with Crippen molar-refractivity contribution >= 4 is 11.7 Å². The summed E-state index contributed by atoms with van der Waals surface area (Å²) in [6.07, 6.45) is 5.49. The van der Waals surface area contributed by atoms with Gasteiger partial charge >= 0.3 is 0 Å². The maximum atomic E-state index is 12.0. The molecule has 0 aliphatic carbocycles. The Morgan fingerprint density at radius 1 is 1.05 bits per heavy atom. The van der Waals surface area contributed by atoms with Crippen molar-refractivity contribution in [2.24, 2.45) is 0 Å². The molecule has 4 heteroatoms. The Labute approximate surface area is 121 Å². The zero-order valence-electron chi connectivity index (χ0n) is 12.4. The van der Waals surface area contributed by atoms with Crippen LogP contribution >= 0.6 is 0 Å². The summed E-state index contributed by atoms with van der Waals surface area (Å²) in [6.45, 7) is 4.82. The summed E-state index contributed by atoms with van der Waals surface area (Å²) < 4.78 is 0. The Hall–Kier alpha value is -1.71. The molecule has 1 aromatic heterocycles. The van der Waals surface area contributed by atoms with E-state index < -0.39 is 0 Å². The third kappa shape index (κ3) is 5.51. The normalized spacial score (nSPS) is 10.3. The Kier molecular flexibility index (Phi) is 7.55. The lowest BCUT2D eigenvalue weighted by atomic mass is 10.1. The molecule has 0 unspecified atom stereocenters. The van der Waals surface area contributed by atoms with E-state index in [1.165, 1.54) is 0 Å². The van der Waals surface area contributed by atoms with Gasteiger partial charge in [-0.2, -0.15) is 0 Å². The maximum absolute atomic E-state index is 12.0. The van der Waals surface area contributed by atoms with Gasteiger partial charge in [0.1, 0.15) is 11.4 Å². The molecule has 0 aliphatic rings. The van der Waals surface area contributed by atoms with Crippen LogP contribution in [0.25, 0.3) is 0 Å². The van der Waals surface area contributed by atoms with Gasteiger partial charge in [0.25, 0.3) is 5.91 Å². The van der Waals surface area contributed by atoms with Gasteiger partial charge in [0.05, 0.1) is 0 Å². The molecular formula is C16H24N2O2. The maximum Gasteiger partial charge on any atom is 0.269 e. The van der Waals surface area contributed by atoms with E-state index in [2.05, 4.69) is 24.1 Å². The summed E-state index contributed by atoms with van der Waals surface area (Å²) in [4.78, 5) is 28.0. The predicted octanol–water partition coefficient (Wildman–Crippen LogP) is 3.37. The van der Waals surface area contributed by atoms with Gasteiger partial charge in [-0.25, -0.2) is 4.98 Å². The molecule has 0 fully saturated rings. The van der Waals surface area contributed by atoms with Crippen molar-refractivity contribution in [3.8, 4) is 0 Å². The molecule has 0 spiro atoms. The van der Waals surface area contributed by atoms with Crippen molar-refractivity contribution in [3.63, 3.8) is 0 Å². The van der Waals surface area contributed by atoms with Crippen molar-refractivity contribution in [1.82, 2.24) is 10.3 Å². The van der Waals surface area contributed by atoms with Crippen LogP contribution in [0.2, 0.25) is 0 Å². The molecule has 1 aromatic rings. The van der Waals surface area contributed by atoms with E-state index >= 15 is 0 Å². The fourth-order valence-electron chi connectivity index (χ4n) is 1.85. The summed E-state index contributed by atoms with van der Waals surface area (Å²) in [5.74, 6) is -0.191. The van der Waals surface area contributed by atoms with Crippen molar-refractivity contribution < 1.29 is 9.59 Å². The number of pyridine rings is 1. The molecule has 1 amide bonds. The second kappa shape index (κ2) is 9.23. The highest BCUT2D eigenvalue weighted by atomic mass is 16.2. The number of rotatable bonds is 9. The fourth-order valence-corrected chi connectivity index (χ4v) is 1.85. The Bertz CT molecular complexity index is 407. The SMILES string of the molecule is CCCCCC(=O)c1cccc(C(=O)NCCCC)n1. The zero-order valence-corrected chi connectivity index (χ0v) is 12.4. The van der Waals surface area contributed by atoms with Crippen molar-refractivity contribution in [2.75, 3.05) is 6.54 Å². The smallest absolute Gasteiger partial charge is 0.269 e. The van der Waals surface area contributed by atoms with E-state index in [1.54, 1.807) is 18.2 Å². The third-order valence-corrected chi connectivity index (χ3v) is 3.09. The van der Waals surface area contributed by atoms with Crippen molar-refractivity contribution in [3.05, 3.63) is 29.6 Å². The molecule has 1 heterocycles. The highest BCUT2D eigenvalue weighted by molar-refractivity contribution is 5.97. The highest BCUT2D eigenvalue weighted by Crippen LogP contribution is 2.07. The van der Waals surface area contributed by atoms with Gasteiger partial charge in [-0.3, -0.25) is 9.59 Å². The molecule has 0 bridgehead atoms. The molecule has 1 rings (SSSR count). The van der Waals surface area contributed by atoms with Gasteiger partial charge in [-0.05, 0) is 25.0 Å². The van der Waals surface area contributed by atoms with E-state index in [-0.39, 0.29) is 11.7 Å². The number of unbranched alkanes of at least 4 members (excludes halogenated alkanes) is 3. The van der Waals surface area contributed by atoms with Gasteiger partial charge in [-0.15, -0.1) is 0 Å². The van der Waals surface area contributed by atoms with Crippen LogP contribution in [0.15, 0.2) is 18.2 Å². The van der Waals surface area contributed by atoms with E-state index in [4.69, 9.17) is 0 Å². The molecule has 0 aliphatic heterocycles. The van der Waals surface area contributed by atoms with Crippen LogP contribution in [0, 0.1) is 0 Å². The lowest BCUT2D eigenvalue weighted by molar-refractivity contribution is 0.0947. The van der Waals surface area contributed by atoms with Crippen LogP contribution in [0.3, 0.4) is 0 Å². The first-order valence-electron chi connectivity index (χ1n) is 7.47. The average molecular weight is 276 g/mol. The number of nitrogens with one attached hydrogen (secondary N) is 1. The van der Waals surface area contributed by atoms with Crippen molar-refractivity contribution in [2.45, 2.75) is 52.4 Å². The number of hydrogen-bond donors (Lipinski definition) is 1. The Morgan fingerprint density at radius 3 is 2.45 bits per heavy atom. The summed E-state index contributed by atoms with van der Waals surface area (Å²) in [5, 5.41) is 2.81. The lowest BCUT2D eigenvalue weighted by Gasteiger charge is -2.05. The van der Waals surface area contributed by atoms with Gasteiger partial charge < -0.3 is 5.32 Å². The molecule has 110 valence electrons. The average Bonchev–Trinajstić information content (AvgIpc) is 2.47. The van der Waals surface area contributed by atoms with Crippen LogP contribution in [-0.2, 0) is 0 Å². The number of nitrogens with zero attached hydrogens (tertiary/aromatic N) is 1. The minimum Gasteiger partial charge on any atom is -0.351 e. The quantitative estimate of drug-likeness (QED) is 0.555. The topological polar surface area (TPSA) is 59.1 Å². The van der Waals surface area contributed by atoms with Crippen LogP contribution < -0.4 is 5.32 Å². The number of carbonyl (C=O) groups excluding carboxylic acids is 2. The first-order valence-corrected chi connectivity index (χ1v) is 7.47. The van der Waals surface area contributed by atoms with Gasteiger partial charge in [0, 0.05) is 13.0 Å². The molecule has 0 radical (unpaired) electrons. The standard InChI is InChI=1S/C16H24N2O2/c1-3-5-7-11-15(19)13-9-8-10-14(18-13)16(20)17-12-6-4-2/h8-10H,3-7,11-12H2,1-2H3,(H,17,20). The largest absolute Gasteiger partial charge is 0.351 e. The second-order valence-corrected chi connectivity index (χ2v) is 4.90. The highest BCUT2D eigenvalue weighted by Gasteiger charge is 2.11. The Morgan fingerprint density at radius 2 is 1.75 bits per heavy atom. The number of amides is 1. The summed E-state index contributed by atoms with van der Waals surface area (Å²) in [7, 11) is 0. The zero-order chi connectivity index (χ0) is 14.8. The summed E-state index contributed by atoms with van der Waals surface area (Å²) in [6, 6.07) is 5.04. The third-order valence-electron chi connectivity index (χ3n) is 3.09. The first kappa shape index (κ1) is 16.3. The van der Waals surface area contributed by atoms with Gasteiger partial charge in [0.15, 0.2) is 5.78 Å². The minimum absolute atomic E-state index is 0.0154. The predicted molar refractivity (Wildman–Crippen MR) is 80.0 cm³/mol. The molecule has 0 saturated carbocycles. The van der Waals surface area contributed by atoms with E-state index in [9.17, 15) is 9.59 Å². The number of aromatic nitrogens is 1. The second-order valence-electron chi connectivity index (χ2n) is 4.90. The van der Waals surface area contributed by atoms with E-state index in [0.29, 0.717) is 24.4 Å². The van der Waals surface area contributed by atoms with Gasteiger partial charge in [0.2, 0.25) is 0 Å². The molecular weight excluding hydrogens is 252 g/mol. The van der Waals surface area contributed by atoms with Crippen molar-refractivity contribution in [1.29, 1.82) is 0 Å². The van der Waals surface area contributed by atoms with Crippen LogP contribution in [-0.4, -0.2) is 23.2 Å². The minimum atomic E-state index is -0.207. The molecule has 20 heavy (non-hydrogen) atoms. The number of hydrogen-bond acceptors (Lipinski definition) is 3. The first-order chi connectivity index (χ1) is 9.69. The van der Waals surface area contributed by atoms with Crippen LogP contribution in [0.4, 0.5) is 0 Å². The van der Waals surface area contributed by atoms with Gasteiger partial charge in [-0.1, -0.05) is 39.2 Å². The monoisotopic (exact) mass is 276 g/mol. The summed E-state index contributed by atoms with van der Waals surface area (Å²) in [5.41, 5.74) is 0.715. The van der Waals surface area contributed by atoms with Crippen LogP contribution in [0.5, 0.6) is 0 Å². The van der Waals surface area contributed by atoms with Crippen LogP contribution in [0.1, 0.15) is 73.3 Å².